The van der Waals surface area contributed by atoms with E-state index in [2.05, 4.69) is 11.4 Å². The molecule has 0 bridgehead atoms. The smallest absolute Gasteiger partial charge is 0.310 e. The molecular formula is C42H48ClN3O5. The molecule has 5 rings (SSSR count). The fraction of sp³-hybridized carbons (Fsp3) is 0.357. The number of hydrogen-bond acceptors (Lipinski definition) is 6. The van der Waals surface area contributed by atoms with Gasteiger partial charge < -0.3 is 25.4 Å². The molecular weight excluding hydrogens is 662 g/mol. The molecule has 0 saturated carbocycles. The van der Waals surface area contributed by atoms with Gasteiger partial charge in [0, 0.05) is 17.0 Å². The molecule has 0 aliphatic carbocycles. The van der Waals surface area contributed by atoms with E-state index in [1.165, 1.54) is 0 Å². The summed E-state index contributed by atoms with van der Waals surface area (Å²) < 4.78 is 12.0. The van der Waals surface area contributed by atoms with Gasteiger partial charge in [-0.1, -0.05) is 116 Å². The summed E-state index contributed by atoms with van der Waals surface area (Å²) in [7, 11) is 0. The maximum atomic E-state index is 14.2. The summed E-state index contributed by atoms with van der Waals surface area (Å²) in [5, 5.41) is 5.66. The lowest BCUT2D eigenvalue weighted by Gasteiger charge is -2.32. The third kappa shape index (κ3) is 10.7. The Morgan fingerprint density at radius 3 is 2.41 bits per heavy atom. The summed E-state index contributed by atoms with van der Waals surface area (Å²) in [4.78, 5) is 41.9. The number of hydrogen-bond donors (Lipinski definition) is 2. The zero-order chi connectivity index (χ0) is 36.4. The highest BCUT2D eigenvalue weighted by atomic mass is 35.5. The predicted octanol–water partition coefficient (Wildman–Crippen LogP) is 6.81. The standard InChI is InChI=1S/C42H48ClN3O5/c1-29(44)40(48)45-39(30(2)50-27-31-11-5-4-6-12-31)41(49)46-22-10-17-37(46)20-21-42(3,26-33-13-9-16-36(43)24-33)28-51-38(47)25-32-18-19-34-14-7-8-15-35(34)23-32/h4-9,11-16,18-21,23-24,29-30,37,39H,10,17,22,25-28,44H2,1-3H3,(H,45,48)/b21-20+. The first kappa shape index (κ1) is 37.7. The molecule has 0 aromatic heterocycles. The molecule has 1 saturated heterocycles. The maximum absolute atomic E-state index is 14.2. The van der Waals surface area contributed by atoms with E-state index in [0.29, 0.717) is 24.6 Å². The molecule has 1 fully saturated rings. The average molecular weight is 710 g/mol. The molecule has 5 atom stereocenters. The van der Waals surface area contributed by atoms with Gasteiger partial charge in [0.05, 0.1) is 31.2 Å². The van der Waals surface area contributed by atoms with Gasteiger partial charge in [0.2, 0.25) is 11.8 Å². The summed E-state index contributed by atoms with van der Waals surface area (Å²) in [6, 6.07) is 29.4. The number of carbonyl (C=O) groups is 3. The van der Waals surface area contributed by atoms with Crippen LogP contribution in [0.5, 0.6) is 0 Å². The van der Waals surface area contributed by atoms with Crippen LogP contribution in [-0.4, -0.2) is 60.1 Å². The number of nitrogens with zero attached hydrogens (tertiary/aromatic N) is 1. The fourth-order valence-corrected chi connectivity index (χ4v) is 6.65. The number of esters is 1. The molecule has 0 radical (unpaired) electrons. The minimum Gasteiger partial charge on any atom is -0.465 e. The number of carbonyl (C=O) groups excluding carboxylic acids is 3. The van der Waals surface area contributed by atoms with Gasteiger partial charge in [0.1, 0.15) is 12.6 Å². The van der Waals surface area contributed by atoms with E-state index >= 15 is 0 Å². The number of rotatable bonds is 15. The van der Waals surface area contributed by atoms with Gasteiger partial charge in [-0.2, -0.15) is 0 Å². The predicted molar refractivity (Wildman–Crippen MR) is 202 cm³/mol. The van der Waals surface area contributed by atoms with Gasteiger partial charge in [-0.25, -0.2) is 0 Å². The molecule has 1 aliphatic rings. The quantitative estimate of drug-likeness (QED) is 0.104. The van der Waals surface area contributed by atoms with Crippen LogP contribution in [0.25, 0.3) is 10.8 Å². The van der Waals surface area contributed by atoms with E-state index in [4.69, 9.17) is 26.8 Å². The van der Waals surface area contributed by atoms with Crippen LogP contribution in [0.2, 0.25) is 5.02 Å². The third-order valence-corrected chi connectivity index (χ3v) is 9.56. The van der Waals surface area contributed by atoms with Gasteiger partial charge in [0.25, 0.3) is 0 Å². The first-order valence-corrected chi connectivity index (χ1v) is 18.0. The Kier molecular flexibility index (Phi) is 13.0. The number of fused-ring (bicyclic) bond motifs is 1. The average Bonchev–Trinajstić information content (AvgIpc) is 3.60. The highest BCUT2D eigenvalue weighted by molar-refractivity contribution is 6.30. The minimum atomic E-state index is -0.921. The van der Waals surface area contributed by atoms with Crippen LogP contribution in [0, 0.1) is 5.41 Å². The summed E-state index contributed by atoms with van der Waals surface area (Å²) in [6.45, 7) is 6.39. The second kappa shape index (κ2) is 17.6. The molecule has 4 aromatic carbocycles. The van der Waals surface area contributed by atoms with E-state index in [1.54, 1.807) is 18.7 Å². The van der Waals surface area contributed by atoms with Crippen molar-refractivity contribution in [2.24, 2.45) is 11.1 Å². The third-order valence-electron chi connectivity index (χ3n) is 9.33. The normalized spacial score (nSPS) is 17.5. The van der Waals surface area contributed by atoms with Gasteiger partial charge >= 0.3 is 5.97 Å². The molecule has 0 spiro atoms. The van der Waals surface area contributed by atoms with Gasteiger partial charge in [-0.3, -0.25) is 14.4 Å². The summed E-state index contributed by atoms with van der Waals surface area (Å²) in [6.07, 6.45) is 5.76. The number of nitrogens with one attached hydrogen (secondary N) is 1. The fourth-order valence-electron chi connectivity index (χ4n) is 6.43. The first-order chi connectivity index (χ1) is 24.5. The van der Waals surface area contributed by atoms with Crippen molar-refractivity contribution in [2.45, 2.75) is 77.3 Å². The van der Waals surface area contributed by atoms with Gasteiger partial charge in [0.15, 0.2) is 0 Å². The zero-order valence-electron chi connectivity index (χ0n) is 29.6. The van der Waals surface area contributed by atoms with E-state index in [1.807, 2.05) is 110 Å². The van der Waals surface area contributed by atoms with Crippen LogP contribution in [0.1, 0.15) is 50.3 Å². The first-order valence-electron chi connectivity index (χ1n) is 17.6. The highest BCUT2D eigenvalue weighted by Crippen LogP contribution is 2.29. The lowest BCUT2D eigenvalue weighted by atomic mass is 9.83. The monoisotopic (exact) mass is 709 g/mol. The molecule has 9 heteroatoms. The topological polar surface area (TPSA) is 111 Å². The lowest BCUT2D eigenvalue weighted by Crippen LogP contribution is -2.57. The van der Waals surface area contributed by atoms with E-state index in [0.717, 1.165) is 40.3 Å². The van der Waals surface area contributed by atoms with Crippen molar-refractivity contribution in [3.05, 3.63) is 131 Å². The molecule has 8 nitrogen and oxygen atoms in total. The largest absolute Gasteiger partial charge is 0.465 e. The Morgan fingerprint density at radius 1 is 0.941 bits per heavy atom. The minimum absolute atomic E-state index is 0.139. The molecule has 2 amide bonds. The van der Waals surface area contributed by atoms with Gasteiger partial charge in [-0.15, -0.1) is 0 Å². The summed E-state index contributed by atoms with van der Waals surface area (Å²) in [5.74, 6) is -0.963. The number of likely N-dealkylation sites (tertiary alicyclic amines) is 1. The van der Waals surface area contributed by atoms with Crippen molar-refractivity contribution in [1.29, 1.82) is 0 Å². The molecule has 1 aliphatic heterocycles. The Labute approximate surface area is 305 Å². The summed E-state index contributed by atoms with van der Waals surface area (Å²) in [5.41, 5.74) is 8.13. The number of halogens is 1. The maximum Gasteiger partial charge on any atom is 0.310 e. The Morgan fingerprint density at radius 2 is 1.67 bits per heavy atom. The van der Waals surface area contributed by atoms with Crippen molar-refractivity contribution in [3.8, 4) is 0 Å². The molecule has 1 heterocycles. The van der Waals surface area contributed by atoms with Crippen LogP contribution in [0.4, 0.5) is 0 Å². The molecule has 3 N–H and O–H groups in total. The summed E-state index contributed by atoms with van der Waals surface area (Å²) >= 11 is 6.34. The zero-order valence-corrected chi connectivity index (χ0v) is 30.4. The Hall–Kier alpha value is -4.50. The van der Waals surface area contributed by atoms with Crippen LogP contribution in [0.3, 0.4) is 0 Å². The second-order valence-corrected chi connectivity index (χ2v) is 14.3. The van der Waals surface area contributed by atoms with Crippen molar-refractivity contribution in [2.75, 3.05) is 13.2 Å². The number of nitrogens with two attached hydrogens (primary N) is 1. The van der Waals surface area contributed by atoms with Gasteiger partial charge in [-0.05, 0) is 72.7 Å². The molecule has 4 aromatic rings. The van der Waals surface area contributed by atoms with Crippen molar-refractivity contribution >= 4 is 40.2 Å². The lowest BCUT2D eigenvalue weighted by molar-refractivity contribution is -0.145. The number of ether oxygens (including phenoxy) is 2. The van der Waals surface area contributed by atoms with Crippen LogP contribution < -0.4 is 11.1 Å². The van der Waals surface area contributed by atoms with Crippen molar-refractivity contribution < 1.29 is 23.9 Å². The number of amides is 2. The van der Waals surface area contributed by atoms with E-state index < -0.39 is 29.5 Å². The van der Waals surface area contributed by atoms with Crippen molar-refractivity contribution in [3.63, 3.8) is 0 Å². The molecule has 268 valence electrons. The van der Waals surface area contributed by atoms with E-state index in [9.17, 15) is 14.4 Å². The van der Waals surface area contributed by atoms with Crippen LogP contribution >= 0.6 is 11.6 Å². The second-order valence-electron chi connectivity index (χ2n) is 13.9. The highest BCUT2D eigenvalue weighted by Gasteiger charge is 2.37. The SMILES string of the molecule is CC(N)C(=O)NC(C(=O)N1CCCC1/C=C/C(C)(COC(=O)Cc1ccc2ccccc2c1)Cc1cccc(Cl)c1)C(C)OCc1ccccc1. The van der Waals surface area contributed by atoms with E-state index in [-0.39, 0.29) is 30.9 Å². The Bertz CT molecular complexity index is 1830. The number of benzene rings is 4. The Balaban J connectivity index is 1.31. The van der Waals surface area contributed by atoms with Crippen LogP contribution in [-0.2, 0) is 43.3 Å². The van der Waals surface area contributed by atoms with Crippen LogP contribution in [0.15, 0.2) is 109 Å². The molecule has 5 unspecified atom stereocenters. The molecule has 51 heavy (non-hydrogen) atoms. The van der Waals surface area contributed by atoms with Crippen molar-refractivity contribution in [1.82, 2.24) is 10.2 Å².